The second kappa shape index (κ2) is 2.74. The largest absolute Gasteiger partial charge is 0.415 e. The quantitative estimate of drug-likeness (QED) is 0.494. The van der Waals surface area contributed by atoms with E-state index in [-0.39, 0.29) is 6.61 Å². The zero-order chi connectivity index (χ0) is 8.48. The molecule has 0 unspecified atom stereocenters. The van der Waals surface area contributed by atoms with Crippen LogP contribution in [0.5, 0.6) is 0 Å². The van der Waals surface area contributed by atoms with Crippen molar-refractivity contribution in [2.45, 2.75) is 18.7 Å². The molecule has 11 heavy (non-hydrogen) atoms. The number of hydrogen-bond donors (Lipinski definition) is 0. The summed E-state index contributed by atoms with van der Waals surface area (Å²) in [7, 11) is 0. The van der Waals surface area contributed by atoms with Gasteiger partial charge in [0.2, 0.25) is 0 Å². The molecule has 0 aromatic carbocycles. The number of ether oxygens (including phenoxy) is 1. The summed E-state index contributed by atoms with van der Waals surface area (Å²) in [6.07, 6.45) is -0.858. The van der Waals surface area contributed by atoms with Crippen LogP contribution in [0.25, 0.3) is 0 Å². The fraction of sp³-hybridized carbons (Fsp3) is 0.714. The third-order valence-electron chi connectivity index (χ3n) is 1.63. The van der Waals surface area contributed by atoms with Crippen LogP contribution < -0.4 is 0 Å². The number of halogens is 3. The molecule has 4 heteroatoms. The molecule has 0 radical (unpaired) electrons. The molecule has 1 nitrogen and oxygen atoms in total. The summed E-state index contributed by atoms with van der Waals surface area (Å²) in [6.45, 7) is 0.110. The summed E-state index contributed by atoms with van der Waals surface area (Å²) in [5.74, 6) is 1.28. The summed E-state index contributed by atoms with van der Waals surface area (Å²) >= 11 is 0. The van der Waals surface area contributed by atoms with Crippen molar-refractivity contribution in [1.29, 1.82) is 0 Å². The minimum Gasteiger partial charge on any atom is -0.367 e. The van der Waals surface area contributed by atoms with E-state index in [0.717, 1.165) is 0 Å². The highest BCUT2D eigenvalue weighted by atomic mass is 19.4. The minimum atomic E-state index is -4.31. The second-order valence-corrected chi connectivity index (χ2v) is 2.39. The Morgan fingerprint density at radius 1 is 1.45 bits per heavy atom. The Labute approximate surface area is 62.5 Å². The van der Waals surface area contributed by atoms with Crippen LogP contribution in [0.2, 0.25) is 0 Å². The molecule has 1 aliphatic heterocycles. The first-order valence-corrected chi connectivity index (χ1v) is 3.20. The van der Waals surface area contributed by atoms with Crippen molar-refractivity contribution in [1.82, 2.24) is 0 Å². The molecule has 0 aliphatic carbocycles. The maximum atomic E-state index is 12.0. The van der Waals surface area contributed by atoms with Crippen molar-refractivity contribution in [3.63, 3.8) is 0 Å². The molecule has 0 aromatic rings. The Bertz CT molecular complexity index is 179. The molecule has 0 aromatic heterocycles. The molecule has 1 rings (SSSR count). The Balaban J connectivity index is 2.66. The van der Waals surface area contributed by atoms with E-state index in [1.165, 1.54) is 0 Å². The van der Waals surface area contributed by atoms with Crippen LogP contribution in [0, 0.1) is 18.3 Å². The Hall–Kier alpha value is -0.690. The number of terminal acetylenes is 1. The van der Waals surface area contributed by atoms with Crippen molar-refractivity contribution in [2.75, 3.05) is 6.61 Å². The van der Waals surface area contributed by atoms with E-state index in [9.17, 15) is 13.2 Å². The molecule has 0 spiro atoms. The summed E-state index contributed by atoms with van der Waals surface area (Å²) in [4.78, 5) is 0. The molecule has 1 saturated heterocycles. The summed E-state index contributed by atoms with van der Waals surface area (Å²) in [5, 5.41) is 0. The van der Waals surface area contributed by atoms with Gasteiger partial charge in [-0.15, -0.1) is 12.3 Å². The zero-order valence-corrected chi connectivity index (χ0v) is 5.69. The van der Waals surface area contributed by atoms with Gasteiger partial charge in [-0.1, -0.05) is 0 Å². The summed E-state index contributed by atoms with van der Waals surface area (Å²) in [5.41, 5.74) is 0. The van der Waals surface area contributed by atoms with Crippen molar-refractivity contribution in [3.8, 4) is 12.3 Å². The van der Waals surface area contributed by atoms with Gasteiger partial charge in [0.05, 0.1) is 5.92 Å². The molecule has 2 atom stereocenters. The monoisotopic (exact) mass is 164 g/mol. The summed E-state index contributed by atoms with van der Waals surface area (Å²) in [6, 6.07) is 0. The Morgan fingerprint density at radius 3 is 2.45 bits per heavy atom. The molecule has 0 N–H and O–H groups in total. The predicted molar refractivity (Wildman–Crippen MR) is 32.7 cm³/mol. The Kier molecular flexibility index (Phi) is 2.10. The van der Waals surface area contributed by atoms with Gasteiger partial charge in [0.1, 0.15) is 0 Å². The minimum absolute atomic E-state index is 0.110. The molecule has 0 bridgehead atoms. The number of rotatable bonds is 0. The smallest absolute Gasteiger partial charge is 0.367 e. The van der Waals surface area contributed by atoms with Crippen molar-refractivity contribution < 1.29 is 17.9 Å². The fourth-order valence-corrected chi connectivity index (χ4v) is 1.08. The number of hydrogen-bond acceptors (Lipinski definition) is 1. The lowest BCUT2D eigenvalue weighted by Gasteiger charge is -2.16. The standard InChI is InChI=1S/C7H7F3O/c1-2-5-3-4-11-6(5)7(8,9)10/h1,5-6H,3-4H2/t5-,6+/m0/s1. The van der Waals surface area contributed by atoms with E-state index < -0.39 is 18.2 Å². The molecule has 0 amide bonds. The van der Waals surface area contributed by atoms with Gasteiger partial charge < -0.3 is 4.74 Å². The van der Waals surface area contributed by atoms with Crippen LogP contribution in [0.15, 0.2) is 0 Å². The highest BCUT2D eigenvalue weighted by Gasteiger charge is 2.47. The normalized spacial score (nSPS) is 31.8. The molecule has 1 aliphatic rings. The lowest BCUT2D eigenvalue weighted by molar-refractivity contribution is -0.212. The van der Waals surface area contributed by atoms with Crippen molar-refractivity contribution in [2.24, 2.45) is 5.92 Å². The van der Waals surface area contributed by atoms with E-state index in [1.807, 2.05) is 0 Å². The first-order chi connectivity index (χ1) is 5.05. The van der Waals surface area contributed by atoms with E-state index in [0.29, 0.717) is 6.42 Å². The van der Waals surface area contributed by atoms with Gasteiger partial charge in [0, 0.05) is 6.61 Å². The van der Waals surface area contributed by atoms with Crippen LogP contribution in [0.1, 0.15) is 6.42 Å². The maximum Gasteiger partial charge on any atom is 0.415 e. The molecule has 1 fully saturated rings. The SMILES string of the molecule is C#C[C@H]1CCO[C@H]1C(F)(F)F. The van der Waals surface area contributed by atoms with Crippen LogP contribution in [-0.2, 0) is 4.74 Å². The van der Waals surface area contributed by atoms with Gasteiger partial charge >= 0.3 is 6.18 Å². The van der Waals surface area contributed by atoms with Gasteiger partial charge in [-0.3, -0.25) is 0 Å². The van der Waals surface area contributed by atoms with Gasteiger partial charge in [0.15, 0.2) is 6.10 Å². The Morgan fingerprint density at radius 2 is 2.09 bits per heavy atom. The summed E-state index contributed by atoms with van der Waals surface area (Å²) < 4.78 is 40.4. The second-order valence-electron chi connectivity index (χ2n) is 2.39. The molecular weight excluding hydrogens is 157 g/mol. The van der Waals surface area contributed by atoms with Crippen LogP contribution in [-0.4, -0.2) is 18.9 Å². The highest BCUT2D eigenvalue weighted by molar-refractivity contribution is 5.01. The van der Waals surface area contributed by atoms with Crippen molar-refractivity contribution >= 4 is 0 Å². The average Bonchev–Trinajstić information content (AvgIpc) is 2.31. The van der Waals surface area contributed by atoms with Crippen LogP contribution in [0.3, 0.4) is 0 Å². The third kappa shape index (κ3) is 1.66. The van der Waals surface area contributed by atoms with Crippen molar-refractivity contribution in [3.05, 3.63) is 0 Å². The predicted octanol–water partition coefficient (Wildman–Crippen LogP) is 1.59. The van der Waals surface area contributed by atoms with Gasteiger partial charge in [0.25, 0.3) is 0 Å². The van der Waals surface area contributed by atoms with E-state index in [1.54, 1.807) is 0 Å². The first-order valence-electron chi connectivity index (χ1n) is 3.20. The van der Waals surface area contributed by atoms with E-state index >= 15 is 0 Å². The maximum absolute atomic E-state index is 12.0. The van der Waals surface area contributed by atoms with Crippen LogP contribution >= 0.6 is 0 Å². The zero-order valence-electron chi connectivity index (χ0n) is 5.69. The molecule has 1 heterocycles. The van der Waals surface area contributed by atoms with E-state index in [2.05, 4.69) is 10.7 Å². The highest BCUT2D eigenvalue weighted by Crippen LogP contribution is 2.33. The van der Waals surface area contributed by atoms with E-state index in [4.69, 9.17) is 6.42 Å². The first kappa shape index (κ1) is 8.41. The van der Waals surface area contributed by atoms with Gasteiger partial charge in [-0.2, -0.15) is 13.2 Å². The molecule has 62 valence electrons. The average molecular weight is 164 g/mol. The lowest BCUT2D eigenvalue weighted by Crippen LogP contribution is -2.33. The topological polar surface area (TPSA) is 9.23 Å². The lowest BCUT2D eigenvalue weighted by atomic mass is 10.0. The third-order valence-corrected chi connectivity index (χ3v) is 1.63. The van der Waals surface area contributed by atoms with Gasteiger partial charge in [-0.25, -0.2) is 0 Å². The number of alkyl halides is 3. The molecular formula is C7H7F3O. The fourth-order valence-electron chi connectivity index (χ4n) is 1.08. The van der Waals surface area contributed by atoms with Crippen LogP contribution in [0.4, 0.5) is 13.2 Å². The molecule has 0 saturated carbocycles. The van der Waals surface area contributed by atoms with Gasteiger partial charge in [-0.05, 0) is 6.42 Å².